The van der Waals surface area contributed by atoms with Crippen LogP contribution in [0.4, 0.5) is 5.69 Å². The number of anilines is 1. The molecular weight excluding hydrogens is 320 g/mol. The van der Waals surface area contributed by atoms with Gasteiger partial charge in [-0.05, 0) is 38.1 Å². The van der Waals surface area contributed by atoms with E-state index >= 15 is 0 Å². The zero-order valence-corrected chi connectivity index (χ0v) is 13.3. The van der Waals surface area contributed by atoms with Crippen molar-refractivity contribution in [2.24, 2.45) is 0 Å². The summed E-state index contributed by atoms with van der Waals surface area (Å²) in [5.74, 6) is -1.55. The number of carbonyl (C=O) groups excluding carboxylic acids is 2. The van der Waals surface area contributed by atoms with Crippen molar-refractivity contribution in [2.45, 2.75) is 20.0 Å². The molecule has 1 aromatic carbocycles. The van der Waals surface area contributed by atoms with Crippen molar-refractivity contribution in [2.75, 3.05) is 5.32 Å². The van der Waals surface area contributed by atoms with E-state index in [-0.39, 0.29) is 16.5 Å². The molecule has 0 bridgehead atoms. The van der Waals surface area contributed by atoms with Gasteiger partial charge in [0.25, 0.3) is 5.91 Å². The van der Waals surface area contributed by atoms with E-state index in [1.807, 2.05) is 0 Å². The highest BCUT2D eigenvalue weighted by atomic mass is 35.5. The summed E-state index contributed by atoms with van der Waals surface area (Å²) in [6.45, 7) is 3.20. The number of esters is 1. The molecular formula is C16H15ClN2O4. The summed E-state index contributed by atoms with van der Waals surface area (Å²) in [6.07, 6.45) is 0.417. The van der Waals surface area contributed by atoms with Gasteiger partial charge in [0.15, 0.2) is 11.3 Å². The molecule has 0 radical (unpaired) electrons. The monoisotopic (exact) mass is 334 g/mol. The predicted molar refractivity (Wildman–Crippen MR) is 85.6 cm³/mol. The molecule has 0 unspecified atom stereocenters. The number of benzene rings is 1. The molecule has 1 heterocycles. The van der Waals surface area contributed by atoms with Gasteiger partial charge in [-0.3, -0.25) is 4.79 Å². The fourth-order valence-electron chi connectivity index (χ4n) is 1.80. The number of hydrogen-bond acceptors (Lipinski definition) is 5. The molecule has 23 heavy (non-hydrogen) atoms. The summed E-state index contributed by atoms with van der Waals surface area (Å²) in [7, 11) is 0. The third-order valence-corrected chi connectivity index (χ3v) is 3.34. The highest BCUT2D eigenvalue weighted by Crippen LogP contribution is 2.21. The summed E-state index contributed by atoms with van der Waals surface area (Å²) in [6, 6.07) is 7.73. The van der Waals surface area contributed by atoms with E-state index in [2.05, 4.69) is 10.3 Å². The molecule has 2 N–H and O–H groups in total. The van der Waals surface area contributed by atoms with Gasteiger partial charge in [0.2, 0.25) is 0 Å². The lowest BCUT2D eigenvalue weighted by atomic mass is 10.1. The van der Waals surface area contributed by atoms with Crippen LogP contribution in [-0.2, 0) is 9.53 Å². The van der Waals surface area contributed by atoms with Crippen LogP contribution in [0.3, 0.4) is 0 Å². The Bertz CT molecular complexity index is 749. The van der Waals surface area contributed by atoms with E-state index in [9.17, 15) is 14.7 Å². The van der Waals surface area contributed by atoms with Gasteiger partial charge in [-0.2, -0.15) is 0 Å². The normalized spacial score (nSPS) is 11.6. The molecule has 7 heteroatoms. The van der Waals surface area contributed by atoms with Crippen LogP contribution < -0.4 is 5.32 Å². The SMILES string of the molecule is Cc1ccc(O)c(C(=O)O[C@H](C)C(=O)Nc2cccnc2Cl)c1. The molecule has 0 saturated heterocycles. The van der Waals surface area contributed by atoms with E-state index in [0.717, 1.165) is 5.56 Å². The molecule has 0 saturated carbocycles. The average molecular weight is 335 g/mol. The number of pyridine rings is 1. The number of phenols is 1. The molecule has 2 aromatic rings. The van der Waals surface area contributed by atoms with Gasteiger partial charge < -0.3 is 15.2 Å². The Morgan fingerprint density at radius 3 is 2.78 bits per heavy atom. The van der Waals surface area contributed by atoms with Gasteiger partial charge in [-0.1, -0.05) is 23.2 Å². The topological polar surface area (TPSA) is 88.5 Å². The molecule has 0 aliphatic heterocycles. The number of nitrogens with zero attached hydrogens (tertiary/aromatic N) is 1. The minimum Gasteiger partial charge on any atom is -0.507 e. The first-order chi connectivity index (χ1) is 10.9. The lowest BCUT2D eigenvalue weighted by Gasteiger charge is -2.14. The van der Waals surface area contributed by atoms with Crippen LogP contribution in [0.2, 0.25) is 5.15 Å². The Morgan fingerprint density at radius 2 is 2.09 bits per heavy atom. The molecule has 0 aliphatic rings. The number of aromatic nitrogens is 1. The number of nitrogens with one attached hydrogen (secondary N) is 1. The number of aryl methyl sites for hydroxylation is 1. The fourth-order valence-corrected chi connectivity index (χ4v) is 1.97. The maximum atomic E-state index is 12.1. The van der Waals surface area contributed by atoms with Crippen molar-refractivity contribution in [1.29, 1.82) is 0 Å². The summed E-state index contributed by atoms with van der Waals surface area (Å²) in [5, 5.41) is 12.4. The minimum atomic E-state index is -1.07. The zero-order chi connectivity index (χ0) is 17.0. The summed E-state index contributed by atoms with van der Waals surface area (Å²) >= 11 is 5.85. The Balaban J connectivity index is 2.05. The Labute approximate surface area is 138 Å². The van der Waals surface area contributed by atoms with Gasteiger partial charge in [-0.25, -0.2) is 9.78 Å². The highest BCUT2D eigenvalue weighted by Gasteiger charge is 2.21. The number of phenolic OH excluding ortho intramolecular Hbond substituents is 1. The molecule has 0 aliphatic carbocycles. The second-order valence-electron chi connectivity index (χ2n) is 4.90. The van der Waals surface area contributed by atoms with Gasteiger partial charge in [-0.15, -0.1) is 0 Å². The molecule has 120 valence electrons. The predicted octanol–water partition coefficient (Wildman–Crippen LogP) is 2.93. The van der Waals surface area contributed by atoms with Crippen LogP contribution in [0.1, 0.15) is 22.8 Å². The quantitative estimate of drug-likeness (QED) is 0.663. The minimum absolute atomic E-state index is 0.00376. The first-order valence-corrected chi connectivity index (χ1v) is 7.18. The molecule has 1 aromatic heterocycles. The van der Waals surface area contributed by atoms with Crippen LogP contribution in [0.25, 0.3) is 0 Å². The van der Waals surface area contributed by atoms with Crippen molar-refractivity contribution in [3.8, 4) is 5.75 Å². The largest absolute Gasteiger partial charge is 0.507 e. The number of ether oxygens (including phenoxy) is 1. The van der Waals surface area contributed by atoms with Crippen molar-refractivity contribution >= 4 is 29.2 Å². The highest BCUT2D eigenvalue weighted by molar-refractivity contribution is 6.32. The lowest BCUT2D eigenvalue weighted by Crippen LogP contribution is -2.30. The summed E-state index contributed by atoms with van der Waals surface area (Å²) in [5.41, 5.74) is 1.11. The second-order valence-corrected chi connectivity index (χ2v) is 5.26. The maximum Gasteiger partial charge on any atom is 0.342 e. The number of rotatable bonds is 4. The second kappa shape index (κ2) is 7.11. The third-order valence-electron chi connectivity index (χ3n) is 3.04. The van der Waals surface area contributed by atoms with Crippen LogP contribution in [0.15, 0.2) is 36.5 Å². The smallest absolute Gasteiger partial charge is 0.342 e. The van der Waals surface area contributed by atoms with Crippen LogP contribution >= 0.6 is 11.6 Å². The number of halogens is 1. The molecule has 0 fully saturated rings. The van der Waals surface area contributed by atoms with E-state index in [0.29, 0.717) is 5.69 Å². The lowest BCUT2D eigenvalue weighted by molar-refractivity contribution is -0.123. The Hall–Kier alpha value is -2.60. The first-order valence-electron chi connectivity index (χ1n) is 6.80. The van der Waals surface area contributed by atoms with Crippen LogP contribution in [-0.4, -0.2) is 28.1 Å². The summed E-state index contributed by atoms with van der Waals surface area (Å²) in [4.78, 5) is 27.9. The van der Waals surface area contributed by atoms with Gasteiger partial charge in [0.05, 0.1) is 5.69 Å². The number of aromatic hydroxyl groups is 1. The van der Waals surface area contributed by atoms with Gasteiger partial charge in [0.1, 0.15) is 11.3 Å². The molecule has 6 nitrogen and oxygen atoms in total. The first kappa shape index (κ1) is 16.8. The average Bonchev–Trinajstić information content (AvgIpc) is 2.51. The van der Waals surface area contributed by atoms with Crippen LogP contribution in [0.5, 0.6) is 5.75 Å². The zero-order valence-electron chi connectivity index (χ0n) is 12.5. The van der Waals surface area contributed by atoms with E-state index in [1.54, 1.807) is 25.1 Å². The van der Waals surface area contributed by atoms with Crippen molar-refractivity contribution < 1.29 is 19.4 Å². The van der Waals surface area contributed by atoms with E-state index in [4.69, 9.17) is 16.3 Å². The maximum absolute atomic E-state index is 12.1. The van der Waals surface area contributed by atoms with E-state index in [1.165, 1.54) is 25.3 Å². The molecule has 0 spiro atoms. The van der Waals surface area contributed by atoms with Crippen molar-refractivity contribution in [1.82, 2.24) is 4.98 Å². The van der Waals surface area contributed by atoms with Crippen molar-refractivity contribution in [3.05, 3.63) is 52.8 Å². The molecule has 1 atom stereocenters. The fraction of sp³-hybridized carbons (Fsp3) is 0.188. The standard InChI is InChI=1S/C16H15ClN2O4/c1-9-5-6-13(20)11(8-9)16(22)23-10(2)15(21)19-12-4-3-7-18-14(12)17/h3-8,10,20H,1-2H3,(H,19,21)/t10-/m1/s1. The third kappa shape index (κ3) is 4.20. The summed E-state index contributed by atoms with van der Waals surface area (Å²) < 4.78 is 5.07. The number of carbonyl (C=O) groups is 2. The van der Waals surface area contributed by atoms with E-state index < -0.39 is 18.0 Å². The van der Waals surface area contributed by atoms with Crippen LogP contribution in [0, 0.1) is 6.92 Å². The Kier molecular flexibility index (Phi) is 5.18. The number of hydrogen-bond donors (Lipinski definition) is 2. The number of amides is 1. The molecule has 2 rings (SSSR count). The van der Waals surface area contributed by atoms with Gasteiger partial charge in [0, 0.05) is 6.20 Å². The Morgan fingerprint density at radius 1 is 1.35 bits per heavy atom. The van der Waals surface area contributed by atoms with Crippen molar-refractivity contribution in [3.63, 3.8) is 0 Å². The molecule has 1 amide bonds. The van der Waals surface area contributed by atoms with Gasteiger partial charge >= 0.3 is 5.97 Å².